The minimum atomic E-state index is -1.68. The van der Waals surface area contributed by atoms with Crippen molar-refractivity contribution in [2.75, 3.05) is 39.8 Å². The molecule has 3 aliphatic carbocycles. The second kappa shape index (κ2) is 11.6. The van der Waals surface area contributed by atoms with Crippen LogP contribution in [0.3, 0.4) is 0 Å². The summed E-state index contributed by atoms with van der Waals surface area (Å²) in [6.07, 6.45) is 3.34. The summed E-state index contributed by atoms with van der Waals surface area (Å²) in [4.78, 5) is 33.8. The summed E-state index contributed by atoms with van der Waals surface area (Å²) in [5, 5.41) is 14.8. The molecular weight excluding hydrogens is 570 g/mol. The summed E-state index contributed by atoms with van der Waals surface area (Å²) in [7, 11) is 2.06. The fourth-order valence-electron chi connectivity index (χ4n) is 9.36. The summed E-state index contributed by atoms with van der Waals surface area (Å²) in [5.74, 6) is -1.25. The maximum absolute atomic E-state index is 13.6. The number of nitrogens with zero attached hydrogens (tertiary/aromatic N) is 2. The highest BCUT2D eigenvalue weighted by atomic mass is 16.7. The Balaban J connectivity index is 1.48. The highest BCUT2D eigenvalue weighted by Crippen LogP contribution is 2.70. The molecule has 1 aromatic heterocycles. The van der Waals surface area contributed by atoms with Gasteiger partial charge >= 0.3 is 0 Å². The van der Waals surface area contributed by atoms with E-state index in [4.69, 9.17) is 14.2 Å². The highest BCUT2D eigenvalue weighted by Gasteiger charge is 2.75. The Morgan fingerprint density at radius 3 is 2.38 bits per heavy atom. The van der Waals surface area contributed by atoms with Gasteiger partial charge in [-0.15, -0.1) is 0 Å². The Morgan fingerprint density at radius 1 is 1.07 bits per heavy atom. The number of para-hydroxylation sites is 1. The Morgan fingerprint density at radius 2 is 1.73 bits per heavy atom. The smallest absolute Gasteiger partial charge is 0.248 e. The van der Waals surface area contributed by atoms with Gasteiger partial charge in [0.1, 0.15) is 18.5 Å². The molecule has 9 nitrogen and oxygen atoms in total. The molecule has 246 valence electrons. The number of hydrogen-bond acceptors (Lipinski definition) is 7. The van der Waals surface area contributed by atoms with E-state index in [0.29, 0.717) is 37.9 Å². The number of aldehydes is 1. The van der Waals surface area contributed by atoms with Crippen LogP contribution >= 0.6 is 0 Å². The molecule has 0 radical (unpaired) electrons. The van der Waals surface area contributed by atoms with Crippen molar-refractivity contribution in [3.8, 4) is 0 Å². The Labute approximate surface area is 267 Å². The molecule has 2 N–H and O–H groups in total. The van der Waals surface area contributed by atoms with Crippen LogP contribution in [0.2, 0.25) is 0 Å². The van der Waals surface area contributed by atoms with Gasteiger partial charge in [0.05, 0.1) is 18.3 Å². The lowest BCUT2D eigenvalue weighted by atomic mass is 9.41. The van der Waals surface area contributed by atoms with Gasteiger partial charge in [0.15, 0.2) is 5.79 Å². The first kappa shape index (κ1) is 32.4. The van der Waals surface area contributed by atoms with Crippen molar-refractivity contribution < 1.29 is 28.9 Å². The summed E-state index contributed by atoms with van der Waals surface area (Å²) in [5.41, 5.74) is 0.951. The molecule has 45 heavy (non-hydrogen) atoms. The van der Waals surface area contributed by atoms with E-state index < -0.39 is 28.3 Å². The minimum absolute atomic E-state index is 0.0794. The first-order chi connectivity index (χ1) is 21.3. The van der Waals surface area contributed by atoms with E-state index in [1.165, 1.54) is 17.0 Å². The van der Waals surface area contributed by atoms with Crippen molar-refractivity contribution in [2.45, 2.75) is 102 Å². The zero-order valence-electron chi connectivity index (χ0n) is 28.0. The van der Waals surface area contributed by atoms with Gasteiger partial charge in [-0.1, -0.05) is 32.0 Å². The predicted molar refractivity (Wildman–Crippen MR) is 173 cm³/mol. The van der Waals surface area contributed by atoms with Crippen LogP contribution in [-0.2, 0) is 35.6 Å². The van der Waals surface area contributed by atoms with Crippen molar-refractivity contribution in [2.24, 2.45) is 11.3 Å². The van der Waals surface area contributed by atoms with E-state index in [-0.39, 0.29) is 30.6 Å². The number of carbonyl (C=O) groups excluding carboxylic acids is 2. The number of fused-ring (bicyclic) bond motifs is 7. The van der Waals surface area contributed by atoms with Gasteiger partial charge in [-0.3, -0.25) is 9.59 Å². The molecule has 9 heteroatoms. The molecule has 3 fully saturated rings. The SMILES string of the molecule is CC(C)OC1(OC(C)C)CC[C@]2(C)[C@@]3(C)c4[nH]c5ccccc5c4C[C@@H]3C[C@H](OCC(=O)N3CCN(C)CC3)[C@@]2(O)/C1=C/C=O. The molecule has 0 spiro atoms. The Kier molecular flexibility index (Phi) is 8.35. The average Bonchev–Trinajstić information content (AvgIpc) is 3.49. The van der Waals surface area contributed by atoms with E-state index in [1.807, 2.05) is 38.7 Å². The van der Waals surface area contributed by atoms with Gasteiger partial charge in [-0.2, -0.15) is 0 Å². The van der Waals surface area contributed by atoms with Crippen LogP contribution in [-0.4, -0.2) is 102 Å². The lowest BCUT2D eigenvalue weighted by molar-refractivity contribution is -0.313. The number of aliphatic hydroxyl groups is 1. The van der Waals surface area contributed by atoms with Crippen LogP contribution in [0.15, 0.2) is 35.9 Å². The highest BCUT2D eigenvalue weighted by molar-refractivity contribution is 5.86. The number of nitrogens with one attached hydrogen (secondary N) is 1. The number of hydrogen-bond donors (Lipinski definition) is 2. The maximum Gasteiger partial charge on any atom is 0.248 e. The molecule has 1 aromatic carbocycles. The molecule has 1 saturated heterocycles. The first-order valence-electron chi connectivity index (χ1n) is 16.7. The average molecular weight is 622 g/mol. The van der Waals surface area contributed by atoms with Crippen molar-refractivity contribution in [1.82, 2.24) is 14.8 Å². The largest absolute Gasteiger partial charge is 0.382 e. The molecule has 2 heterocycles. The molecule has 1 amide bonds. The third-order valence-corrected chi connectivity index (χ3v) is 11.7. The van der Waals surface area contributed by atoms with E-state index >= 15 is 0 Å². The number of carbonyl (C=O) groups is 2. The normalized spacial score (nSPS) is 33.9. The standard InChI is InChI=1S/C36H51N3O6/c1-23(2)44-35(45-24(3)4)14-13-33(5)34(6)25(20-27-26-10-8-9-11-28(26)37-32(27)34)21-30(36(33,42)29(35)12-19-40)43-22-31(41)39-17-15-38(7)16-18-39/h8-12,19,23-25,30,37,42H,13-18,20-22H2,1-7H3/b29-12+/t25-,30+,33-,34-,36+/m1/s1. The number of allylic oxidation sites excluding steroid dienone is 1. The number of likely N-dealkylation sites (N-methyl/N-ethyl adjacent to an activating group) is 1. The van der Waals surface area contributed by atoms with Gasteiger partial charge in [-0.05, 0) is 77.6 Å². The third-order valence-electron chi connectivity index (χ3n) is 11.7. The van der Waals surface area contributed by atoms with Gasteiger partial charge in [0.25, 0.3) is 0 Å². The molecule has 0 bridgehead atoms. The predicted octanol–water partition coefficient (Wildman–Crippen LogP) is 4.36. The quantitative estimate of drug-likeness (QED) is 0.256. The second-order valence-electron chi connectivity index (χ2n) is 14.7. The molecule has 1 aliphatic heterocycles. The first-order valence-corrected chi connectivity index (χ1v) is 16.7. The fourth-order valence-corrected chi connectivity index (χ4v) is 9.36. The number of rotatable bonds is 8. The zero-order valence-corrected chi connectivity index (χ0v) is 28.0. The molecular formula is C36H51N3O6. The molecule has 2 saturated carbocycles. The number of piperazine rings is 1. The molecule has 6 rings (SSSR count). The summed E-state index contributed by atoms with van der Waals surface area (Å²) < 4.78 is 19.8. The minimum Gasteiger partial charge on any atom is -0.382 e. The molecule has 5 atom stereocenters. The summed E-state index contributed by atoms with van der Waals surface area (Å²) >= 11 is 0. The summed E-state index contributed by atoms with van der Waals surface area (Å²) in [6.45, 7) is 15.0. The van der Waals surface area contributed by atoms with Crippen molar-refractivity contribution >= 4 is 23.1 Å². The van der Waals surface area contributed by atoms with Gasteiger partial charge in [0, 0.05) is 65.6 Å². The van der Waals surface area contributed by atoms with Gasteiger partial charge in [-0.25, -0.2) is 0 Å². The van der Waals surface area contributed by atoms with Crippen LogP contribution < -0.4 is 0 Å². The van der Waals surface area contributed by atoms with Crippen molar-refractivity contribution in [3.05, 3.63) is 47.2 Å². The molecule has 4 aliphatic rings. The second-order valence-corrected chi connectivity index (χ2v) is 14.7. The van der Waals surface area contributed by atoms with Crippen LogP contribution in [0.5, 0.6) is 0 Å². The van der Waals surface area contributed by atoms with Crippen LogP contribution in [0.4, 0.5) is 0 Å². The number of benzene rings is 1. The number of H-pyrrole nitrogens is 1. The molecule has 0 unspecified atom stereocenters. The van der Waals surface area contributed by atoms with E-state index in [0.717, 1.165) is 37.0 Å². The van der Waals surface area contributed by atoms with Crippen LogP contribution in [0.25, 0.3) is 10.9 Å². The van der Waals surface area contributed by atoms with Crippen molar-refractivity contribution in [3.63, 3.8) is 0 Å². The Bertz CT molecular complexity index is 1460. The number of ether oxygens (including phenoxy) is 3. The van der Waals surface area contributed by atoms with Crippen molar-refractivity contribution in [1.29, 1.82) is 0 Å². The topological polar surface area (TPSA) is 104 Å². The Hall–Kier alpha value is -2.56. The lowest BCUT2D eigenvalue weighted by Crippen LogP contribution is -2.75. The maximum atomic E-state index is 13.6. The van der Waals surface area contributed by atoms with Gasteiger partial charge in [0.2, 0.25) is 5.91 Å². The van der Waals surface area contributed by atoms with Gasteiger partial charge < -0.3 is 34.1 Å². The van der Waals surface area contributed by atoms with Crippen LogP contribution in [0, 0.1) is 11.3 Å². The van der Waals surface area contributed by atoms with E-state index in [2.05, 4.69) is 49.0 Å². The number of aromatic amines is 1. The monoisotopic (exact) mass is 621 g/mol. The zero-order chi connectivity index (χ0) is 32.4. The molecule has 2 aromatic rings. The third kappa shape index (κ3) is 4.84. The number of aromatic nitrogens is 1. The summed E-state index contributed by atoms with van der Waals surface area (Å²) in [6, 6.07) is 8.39. The fraction of sp³-hybridized carbons (Fsp3) is 0.667. The number of amides is 1. The van der Waals surface area contributed by atoms with E-state index in [9.17, 15) is 14.7 Å². The van der Waals surface area contributed by atoms with E-state index in [1.54, 1.807) is 0 Å². The van der Waals surface area contributed by atoms with Crippen LogP contribution in [0.1, 0.15) is 72.1 Å². The lowest BCUT2D eigenvalue weighted by Gasteiger charge is -2.67.